The zero-order valence-corrected chi connectivity index (χ0v) is 25.7. The van der Waals surface area contributed by atoms with Gasteiger partial charge in [0.2, 0.25) is 0 Å². The van der Waals surface area contributed by atoms with Crippen LogP contribution in [-0.2, 0) is 26.7 Å². The summed E-state index contributed by atoms with van der Waals surface area (Å²) in [6.45, 7) is 2.42. The predicted octanol–water partition coefficient (Wildman–Crippen LogP) is 7.55. The molecule has 0 unspecified atom stereocenters. The summed E-state index contributed by atoms with van der Waals surface area (Å²) in [7, 11) is -8.14. The molecule has 0 saturated heterocycles. The molecule has 7 nitrogen and oxygen atoms in total. The van der Waals surface area contributed by atoms with Gasteiger partial charge in [-0.2, -0.15) is 16.8 Å². The van der Waals surface area contributed by atoms with E-state index in [2.05, 4.69) is 12.2 Å². The molecule has 0 amide bonds. The van der Waals surface area contributed by atoms with Crippen molar-refractivity contribution in [3.05, 3.63) is 73.6 Å². The zero-order chi connectivity index (χ0) is 28.4. The van der Waals surface area contributed by atoms with Gasteiger partial charge in [0.05, 0.1) is 22.2 Å². The number of halogens is 2. The van der Waals surface area contributed by atoms with E-state index in [0.717, 1.165) is 41.7 Å². The topological polar surface area (TPSA) is 112 Å². The minimum Gasteiger partial charge on any atom is -0.335 e. The Hall–Kier alpha value is -1.57. The molecule has 0 bridgehead atoms. The van der Waals surface area contributed by atoms with Gasteiger partial charge >= 0.3 is 0 Å². The molecule has 39 heavy (non-hydrogen) atoms. The van der Waals surface area contributed by atoms with Crippen molar-refractivity contribution in [3.63, 3.8) is 0 Å². The number of thioether (sulfide) groups is 1. The molecule has 13 heteroatoms. The fraction of sp³-hybridized carbons (Fsp3) is 0.308. The van der Waals surface area contributed by atoms with E-state index < -0.39 is 20.2 Å². The van der Waals surface area contributed by atoms with Gasteiger partial charge in [-0.3, -0.25) is 9.11 Å². The highest BCUT2D eigenvalue weighted by molar-refractivity contribution is 8.03. The van der Waals surface area contributed by atoms with Gasteiger partial charge in [0, 0.05) is 31.1 Å². The molecule has 0 aliphatic carbocycles. The van der Waals surface area contributed by atoms with Gasteiger partial charge in [0.1, 0.15) is 0 Å². The maximum Gasteiger partial charge on any atom is 0.264 e. The Balaban J connectivity index is 1.71. The van der Waals surface area contributed by atoms with E-state index in [9.17, 15) is 25.9 Å². The number of fused-ring (bicyclic) bond motifs is 2. The number of hydrogen-bond donors (Lipinski definition) is 2. The fourth-order valence-corrected chi connectivity index (χ4v) is 8.03. The second-order valence-electron chi connectivity index (χ2n) is 9.04. The number of rotatable bonds is 11. The van der Waals surface area contributed by atoms with Gasteiger partial charge < -0.3 is 4.90 Å². The van der Waals surface area contributed by atoms with Gasteiger partial charge in [0.25, 0.3) is 20.2 Å². The highest BCUT2D eigenvalue weighted by Crippen LogP contribution is 2.47. The van der Waals surface area contributed by atoms with Crippen LogP contribution in [0.5, 0.6) is 0 Å². The number of anilines is 1. The molecule has 1 aliphatic heterocycles. The first kappa shape index (κ1) is 30.4. The third-order valence-electron chi connectivity index (χ3n) is 6.12. The van der Waals surface area contributed by atoms with E-state index in [1.54, 1.807) is 23.1 Å². The van der Waals surface area contributed by atoms with Crippen molar-refractivity contribution in [2.75, 3.05) is 23.0 Å². The Kier molecular flexibility index (Phi) is 9.76. The monoisotopic (exact) mass is 647 g/mol. The third kappa shape index (κ3) is 8.23. The third-order valence-corrected chi connectivity index (χ3v) is 10.5. The van der Waals surface area contributed by atoms with Crippen molar-refractivity contribution in [1.29, 1.82) is 0 Å². The SMILES string of the molecule is CCC(/C=C1\Sc2ccc(Cl)cc2N1CCCS(=O)(=O)O)=C\c1sc2ccc(Cl)cc2c1CCCS(=O)(=O)O. The normalized spacial score (nSPS) is 15.5. The molecule has 1 aromatic heterocycles. The molecule has 0 atom stereocenters. The minimum absolute atomic E-state index is 0.239. The van der Waals surface area contributed by atoms with E-state index in [1.807, 2.05) is 48.2 Å². The second kappa shape index (κ2) is 12.5. The maximum absolute atomic E-state index is 11.3. The second-order valence-corrected chi connectivity index (χ2v) is 15.2. The van der Waals surface area contributed by atoms with Crippen LogP contribution in [0.4, 0.5) is 5.69 Å². The van der Waals surface area contributed by atoms with Gasteiger partial charge in [-0.1, -0.05) is 41.9 Å². The summed E-state index contributed by atoms with van der Waals surface area (Å²) in [5.74, 6) is -0.667. The lowest BCUT2D eigenvalue weighted by atomic mass is 10.0. The lowest BCUT2D eigenvalue weighted by Crippen LogP contribution is -2.21. The van der Waals surface area contributed by atoms with Crippen LogP contribution in [0.2, 0.25) is 10.0 Å². The molecule has 2 aromatic carbocycles. The first-order valence-corrected chi connectivity index (χ1v) is 17.7. The average molecular weight is 649 g/mol. The summed E-state index contributed by atoms with van der Waals surface area (Å²) >= 11 is 15.7. The lowest BCUT2D eigenvalue weighted by Gasteiger charge is -2.21. The van der Waals surface area contributed by atoms with E-state index in [-0.39, 0.29) is 24.3 Å². The quantitative estimate of drug-likeness (QED) is 0.205. The highest BCUT2D eigenvalue weighted by Gasteiger charge is 2.26. The van der Waals surface area contributed by atoms with E-state index in [1.165, 1.54) is 0 Å². The van der Waals surface area contributed by atoms with Crippen molar-refractivity contribution >= 4 is 88.4 Å². The molecule has 2 N–H and O–H groups in total. The molecule has 0 spiro atoms. The summed E-state index contributed by atoms with van der Waals surface area (Å²) < 4.78 is 64.7. The summed E-state index contributed by atoms with van der Waals surface area (Å²) in [6, 6.07) is 11.2. The van der Waals surface area contributed by atoms with Gasteiger partial charge in [-0.25, -0.2) is 0 Å². The number of hydrogen-bond acceptors (Lipinski definition) is 7. The minimum atomic E-state index is -4.08. The first-order valence-electron chi connectivity index (χ1n) is 12.1. The molecule has 0 fully saturated rings. The van der Waals surface area contributed by atoms with Gasteiger partial charge in [-0.15, -0.1) is 11.3 Å². The molecular weight excluding hydrogens is 621 g/mol. The largest absolute Gasteiger partial charge is 0.335 e. The summed E-state index contributed by atoms with van der Waals surface area (Å²) in [5, 5.41) is 3.03. The molecule has 210 valence electrons. The van der Waals surface area contributed by atoms with Crippen LogP contribution in [0, 0.1) is 0 Å². The predicted molar refractivity (Wildman–Crippen MR) is 164 cm³/mol. The fourth-order valence-electron chi connectivity index (χ4n) is 4.34. The molecule has 2 heterocycles. The van der Waals surface area contributed by atoms with Crippen molar-refractivity contribution in [2.24, 2.45) is 0 Å². The summed E-state index contributed by atoms with van der Waals surface area (Å²) in [4.78, 5) is 3.99. The van der Waals surface area contributed by atoms with Crippen LogP contribution in [-0.4, -0.2) is 44.0 Å². The smallest absolute Gasteiger partial charge is 0.264 e. The molecule has 1 aliphatic rings. The van der Waals surface area contributed by atoms with Crippen LogP contribution in [0.15, 0.2) is 58.0 Å². The average Bonchev–Trinajstić information content (AvgIpc) is 3.34. The van der Waals surface area contributed by atoms with Crippen molar-refractivity contribution < 1.29 is 25.9 Å². The van der Waals surface area contributed by atoms with Crippen LogP contribution in [0.1, 0.15) is 36.6 Å². The summed E-state index contributed by atoms with van der Waals surface area (Å²) in [5.41, 5.74) is 2.88. The van der Waals surface area contributed by atoms with Crippen LogP contribution < -0.4 is 4.90 Å². The standard InChI is InChI=1S/C26H27Cl2NO6S4/c1-2-17(13-25-20(5-3-11-38(30,31)32)21-15-18(27)6-8-23(21)36-25)14-26-29(10-4-12-39(33,34)35)22-16-19(28)7-9-24(22)37-26/h6-9,13-16H,2-5,10-12H2,1H3,(H,30,31,32)(H,33,34,35)/b17-13+,26-14-. The maximum atomic E-state index is 11.3. The Morgan fingerprint density at radius 2 is 1.64 bits per heavy atom. The van der Waals surface area contributed by atoms with E-state index >= 15 is 0 Å². The molecule has 3 aromatic rings. The van der Waals surface area contributed by atoms with Crippen LogP contribution in [0.25, 0.3) is 16.2 Å². The van der Waals surface area contributed by atoms with Crippen molar-refractivity contribution in [2.45, 2.75) is 37.5 Å². The van der Waals surface area contributed by atoms with Crippen LogP contribution >= 0.6 is 46.3 Å². The number of thiophene rings is 1. The van der Waals surface area contributed by atoms with E-state index in [4.69, 9.17) is 23.2 Å². The summed E-state index contributed by atoms with van der Waals surface area (Å²) in [6.07, 6.45) is 5.82. The van der Waals surface area contributed by atoms with Crippen molar-refractivity contribution in [1.82, 2.24) is 0 Å². The number of benzene rings is 2. The zero-order valence-electron chi connectivity index (χ0n) is 20.9. The number of allylic oxidation sites excluding steroid dienone is 2. The molecule has 4 rings (SSSR count). The number of nitrogens with zero attached hydrogens (tertiary/aromatic N) is 1. The first-order chi connectivity index (χ1) is 18.3. The van der Waals surface area contributed by atoms with Gasteiger partial charge in [-0.05, 0) is 90.8 Å². The molecular formula is C26H27Cl2NO6S4. The Bertz CT molecular complexity index is 1660. The Labute approximate surface area is 247 Å². The van der Waals surface area contributed by atoms with Crippen LogP contribution in [0.3, 0.4) is 0 Å². The molecule has 0 radical (unpaired) electrons. The van der Waals surface area contributed by atoms with Crippen molar-refractivity contribution in [3.8, 4) is 0 Å². The lowest BCUT2D eigenvalue weighted by molar-refractivity contribution is 0.479. The van der Waals surface area contributed by atoms with E-state index in [0.29, 0.717) is 29.4 Å². The highest BCUT2D eigenvalue weighted by atomic mass is 35.5. The Morgan fingerprint density at radius 3 is 2.33 bits per heavy atom. The van der Waals surface area contributed by atoms with Gasteiger partial charge in [0.15, 0.2) is 0 Å². The molecule has 0 saturated carbocycles. The number of aryl methyl sites for hydroxylation is 1. The Morgan fingerprint density at radius 1 is 0.974 bits per heavy atom.